The Morgan fingerprint density at radius 1 is 1.13 bits per heavy atom. The van der Waals surface area contributed by atoms with E-state index >= 15 is 0 Å². The predicted octanol–water partition coefficient (Wildman–Crippen LogP) is 1.95. The zero-order chi connectivity index (χ0) is 16.1. The van der Waals surface area contributed by atoms with Crippen LogP contribution in [-0.2, 0) is 17.8 Å². The van der Waals surface area contributed by atoms with Crippen LogP contribution in [0.1, 0.15) is 11.1 Å². The lowest BCUT2D eigenvalue weighted by atomic mass is 9.95. The van der Waals surface area contributed by atoms with Gasteiger partial charge in [-0.3, -0.25) is 4.79 Å². The van der Waals surface area contributed by atoms with E-state index < -0.39 is 0 Å². The summed E-state index contributed by atoms with van der Waals surface area (Å²) in [4.78, 5) is 14.5. The molecule has 1 heterocycles. The SMILES string of the molecule is CN(CCNC(=O)C1Cc2ccccc2CN1)c1ccccc1. The molecule has 4 heteroatoms. The molecule has 2 aromatic carbocycles. The van der Waals surface area contributed by atoms with Crippen molar-refractivity contribution in [3.63, 3.8) is 0 Å². The van der Waals surface area contributed by atoms with Crippen molar-refractivity contribution in [3.8, 4) is 0 Å². The second-order valence-corrected chi connectivity index (χ2v) is 5.95. The highest BCUT2D eigenvalue weighted by Crippen LogP contribution is 2.16. The molecule has 1 amide bonds. The zero-order valence-electron chi connectivity index (χ0n) is 13.5. The van der Waals surface area contributed by atoms with Gasteiger partial charge in [0.2, 0.25) is 5.91 Å². The molecule has 0 saturated heterocycles. The van der Waals surface area contributed by atoms with Crippen LogP contribution < -0.4 is 15.5 Å². The summed E-state index contributed by atoms with van der Waals surface area (Å²) in [6.45, 7) is 2.20. The lowest BCUT2D eigenvalue weighted by molar-refractivity contribution is -0.123. The van der Waals surface area contributed by atoms with Gasteiger partial charge in [-0.2, -0.15) is 0 Å². The number of hydrogen-bond acceptors (Lipinski definition) is 3. The van der Waals surface area contributed by atoms with Gasteiger partial charge in [0, 0.05) is 32.4 Å². The van der Waals surface area contributed by atoms with Crippen LogP contribution in [0.15, 0.2) is 54.6 Å². The lowest BCUT2D eigenvalue weighted by Crippen LogP contribution is -2.48. The third-order valence-electron chi connectivity index (χ3n) is 4.34. The van der Waals surface area contributed by atoms with E-state index in [0.29, 0.717) is 6.54 Å². The lowest BCUT2D eigenvalue weighted by Gasteiger charge is -2.26. The van der Waals surface area contributed by atoms with Gasteiger partial charge in [-0.05, 0) is 29.7 Å². The maximum absolute atomic E-state index is 12.3. The fourth-order valence-electron chi connectivity index (χ4n) is 2.92. The molecule has 1 aliphatic rings. The van der Waals surface area contributed by atoms with Crippen molar-refractivity contribution in [2.75, 3.05) is 25.0 Å². The van der Waals surface area contributed by atoms with Crippen molar-refractivity contribution >= 4 is 11.6 Å². The van der Waals surface area contributed by atoms with E-state index in [2.05, 4.69) is 39.8 Å². The first kappa shape index (κ1) is 15.6. The highest BCUT2D eigenvalue weighted by atomic mass is 16.2. The topological polar surface area (TPSA) is 44.4 Å². The molecule has 1 aliphatic heterocycles. The smallest absolute Gasteiger partial charge is 0.237 e. The Labute approximate surface area is 137 Å². The van der Waals surface area contributed by atoms with Gasteiger partial charge < -0.3 is 15.5 Å². The molecule has 3 rings (SSSR count). The third-order valence-corrected chi connectivity index (χ3v) is 4.34. The maximum atomic E-state index is 12.3. The first-order valence-electron chi connectivity index (χ1n) is 8.08. The van der Waals surface area contributed by atoms with Crippen LogP contribution in [0, 0.1) is 0 Å². The van der Waals surface area contributed by atoms with Gasteiger partial charge in [-0.1, -0.05) is 42.5 Å². The molecular weight excluding hydrogens is 286 g/mol. The minimum atomic E-state index is -0.132. The molecule has 0 aromatic heterocycles. The van der Waals surface area contributed by atoms with Gasteiger partial charge in [0.1, 0.15) is 0 Å². The summed E-state index contributed by atoms with van der Waals surface area (Å²) in [6, 6.07) is 18.4. The Kier molecular flexibility index (Phi) is 4.93. The highest BCUT2D eigenvalue weighted by Gasteiger charge is 2.23. The Bertz CT molecular complexity index is 657. The van der Waals surface area contributed by atoms with E-state index in [-0.39, 0.29) is 11.9 Å². The molecule has 0 spiro atoms. The quantitative estimate of drug-likeness (QED) is 0.887. The molecule has 0 bridgehead atoms. The number of benzene rings is 2. The average molecular weight is 309 g/mol. The molecule has 1 unspecified atom stereocenters. The van der Waals surface area contributed by atoms with Crippen LogP contribution >= 0.6 is 0 Å². The second-order valence-electron chi connectivity index (χ2n) is 5.95. The number of amides is 1. The molecule has 0 radical (unpaired) electrons. The Hall–Kier alpha value is -2.33. The van der Waals surface area contributed by atoms with Crippen molar-refractivity contribution in [2.24, 2.45) is 0 Å². The number of nitrogens with zero attached hydrogens (tertiary/aromatic N) is 1. The van der Waals surface area contributed by atoms with Crippen molar-refractivity contribution in [1.82, 2.24) is 10.6 Å². The number of anilines is 1. The summed E-state index contributed by atoms with van der Waals surface area (Å²) in [6.07, 6.45) is 0.760. The highest BCUT2D eigenvalue weighted by molar-refractivity contribution is 5.82. The minimum absolute atomic E-state index is 0.0842. The predicted molar refractivity (Wildman–Crippen MR) is 93.5 cm³/mol. The van der Waals surface area contributed by atoms with E-state index in [1.54, 1.807) is 0 Å². The molecule has 4 nitrogen and oxygen atoms in total. The number of carbonyl (C=O) groups is 1. The Morgan fingerprint density at radius 2 is 1.83 bits per heavy atom. The third kappa shape index (κ3) is 3.90. The van der Waals surface area contributed by atoms with E-state index in [1.807, 2.05) is 37.4 Å². The number of hydrogen-bond donors (Lipinski definition) is 2. The number of carbonyl (C=O) groups excluding carboxylic acids is 1. The zero-order valence-corrected chi connectivity index (χ0v) is 13.5. The van der Waals surface area contributed by atoms with E-state index in [0.717, 1.165) is 25.2 Å². The van der Waals surface area contributed by atoms with E-state index in [9.17, 15) is 4.79 Å². The van der Waals surface area contributed by atoms with Crippen molar-refractivity contribution in [3.05, 3.63) is 65.7 Å². The van der Waals surface area contributed by atoms with Gasteiger partial charge in [0.25, 0.3) is 0 Å². The number of nitrogens with one attached hydrogen (secondary N) is 2. The summed E-state index contributed by atoms with van der Waals surface area (Å²) in [7, 11) is 2.04. The van der Waals surface area contributed by atoms with Gasteiger partial charge in [-0.25, -0.2) is 0 Å². The second kappa shape index (κ2) is 7.29. The summed E-state index contributed by atoms with van der Waals surface area (Å²) in [5, 5.41) is 6.36. The molecule has 0 saturated carbocycles. The van der Waals surface area contributed by atoms with Crippen LogP contribution in [0.5, 0.6) is 0 Å². The summed E-state index contributed by atoms with van der Waals surface area (Å²) in [5.74, 6) is 0.0842. The Balaban J connectivity index is 1.47. The van der Waals surface area contributed by atoms with Crippen molar-refractivity contribution < 1.29 is 4.79 Å². The van der Waals surface area contributed by atoms with Gasteiger partial charge in [0.15, 0.2) is 0 Å². The first-order valence-corrected chi connectivity index (χ1v) is 8.08. The fourth-order valence-corrected chi connectivity index (χ4v) is 2.92. The number of para-hydroxylation sites is 1. The molecule has 2 N–H and O–H groups in total. The van der Waals surface area contributed by atoms with Gasteiger partial charge >= 0.3 is 0 Å². The molecule has 23 heavy (non-hydrogen) atoms. The van der Waals surface area contributed by atoms with Crippen LogP contribution in [0.25, 0.3) is 0 Å². The summed E-state index contributed by atoms with van der Waals surface area (Å²) >= 11 is 0. The Morgan fingerprint density at radius 3 is 2.61 bits per heavy atom. The van der Waals surface area contributed by atoms with Crippen molar-refractivity contribution in [2.45, 2.75) is 19.0 Å². The standard InChI is InChI=1S/C19H23N3O/c1-22(17-9-3-2-4-10-17)12-11-20-19(23)18-13-15-7-5-6-8-16(15)14-21-18/h2-10,18,21H,11-14H2,1H3,(H,20,23). The molecule has 2 aromatic rings. The largest absolute Gasteiger partial charge is 0.373 e. The fraction of sp³-hybridized carbons (Fsp3) is 0.316. The van der Waals surface area contributed by atoms with Crippen LogP contribution in [-0.4, -0.2) is 32.1 Å². The van der Waals surface area contributed by atoms with Crippen LogP contribution in [0.4, 0.5) is 5.69 Å². The summed E-state index contributed by atoms with van der Waals surface area (Å²) < 4.78 is 0. The molecular formula is C19H23N3O. The van der Waals surface area contributed by atoms with E-state index in [1.165, 1.54) is 11.1 Å². The number of likely N-dealkylation sites (N-methyl/N-ethyl adjacent to an activating group) is 1. The molecule has 1 atom stereocenters. The monoisotopic (exact) mass is 309 g/mol. The molecule has 0 aliphatic carbocycles. The average Bonchev–Trinajstić information content (AvgIpc) is 2.61. The summed E-state index contributed by atoms with van der Waals surface area (Å²) in [5.41, 5.74) is 3.72. The van der Waals surface area contributed by atoms with Crippen molar-refractivity contribution in [1.29, 1.82) is 0 Å². The minimum Gasteiger partial charge on any atom is -0.373 e. The molecule has 0 fully saturated rings. The van der Waals surface area contributed by atoms with Gasteiger partial charge in [0.05, 0.1) is 6.04 Å². The molecule has 120 valence electrons. The maximum Gasteiger partial charge on any atom is 0.237 e. The van der Waals surface area contributed by atoms with Crippen LogP contribution in [0.2, 0.25) is 0 Å². The van der Waals surface area contributed by atoms with E-state index in [4.69, 9.17) is 0 Å². The number of fused-ring (bicyclic) bond motifs is 1. The van der Waals surface area contributed by atoms with Crippen LogP contribution in [0.3, 0.4) is 0 Å². The normalized spacial score (nSPS) is 16.5. The number of rotatable bonds is 5. The first-order chi connectivity index (χ1) is 11.2. The van der Waals surface area contributed by atoms with Gasteiger partial charge in [-0.15, -0.1) is 0 Å².